The van der Waals surface area contributed by atoms with Crippen LogP contribution in [0.1, 0.15) is 13.8 Å². The van der Waals surface area contributed by atoms with E-state index in [9.17, 15) is 8.42 Å². The largest absolute Gasteiger partial charge is 0.413 e. The number of hydrogen-bond acceptors (Lipinski definition) is 4. The topological polar surface area (TPSA) is 75.6 Å². The number of hydrogen-bond donors (Lipinski definition) is 2. The van der Waals surface area contributed by atoms with Crippen molar-refractivity contribution in [3.05, 3.63) is 0 Å². The van der Waals surface area contributed by atoms with Gasteiger partial charge in [-0.3, -0.25) is 4.55 Å². The molecule has 0 aliphatic rings. The van der Waals surface area contributed by atoms with E-state index in [1.807, 2.05) is 5.48 Å². The number of hydroxylamine groups is 1. The summed E-state index contributed by atoms with van der Waals surface area (Å²) in [7, 11) is -4.33. The van der Waals surface area contributed by atoms with E-state index in [1.165, 1.54) is 0 Å². The second-order valence-corrected chi connectivity index (χ2v) is 2.81. The summed E-state index contributed by atoms with van der Waals surface area (Å²) < 4.78 is 31.3. The molecule has 10 heavy (non-hydrogen) atoms. The third-order valence-electron chi connectivity index (χ3n) is 0.389. The Morgan fingerprint density at radius 1 is 1.50 bits per heavy atom. The summed E-state index contributed by atoms with van der Waals surface area (Å²) >= 11 is 0. The Labute approximate surface area is 74.3 Å². The third kappa shape index (κ3) is 11.3. The molecule has 0 rings (SSSR count). The van der Waals surface area contributed by atoms with Crippen LogP contribution in [0.25, 0.3) is 0 Å². The molecule has 0 heterocycles. The van der Waals surface area contributed by atoms with E-state index >= 15 is 0 Å². The Bertz CT molecular complexity index is 165. The Kier molecular flexibility index (Phi) is 6.84. The second kappa shape index (κ2) is 5.21. The van der Waals surface area contributed by atoms with Crippen LogP contribution in [0.2, 0.25) is 0 Å². The van der Waals surface area contributed by atoms with E-state index in [0.717, 1.165) is 0 Å². The van der Waals surface area contributed by atoms with Crippen LogP contribution in [0, 0.1) is 0 Å². The summed E-state index contributed by atoms with van der Waals surface area (Å²) in [6.45, 7) is 3.34. The predicted molar refractivity (Wildman–Crippen MR) is 30.9 cm³/mol. The van der Waals surface area contributed by atoms with Gasteiger partial charge in [0.25, 0.3) is 0 Å². The summed E-state index contributed by atoms with van der Waals surface area (Å²) in [4.78, 5) is 0. The molecule has 7 heteroatoms. The van der Waals surface area contributed by atoms with Crippen LogP contribution in [-0.4, -0.2) is 19.0 Å². The van der Waals surface area contributed by atoms with Crippen LogP contribution in [0.15, 0.2) is 0 Å². The summed E-state index contributed by atoms with van der Waals surface area (Å²) in [5, 5.41) is 0. The van der Waals surface area contributed by atoms with Crippen LogP contribution >= 0.6 is 0 Å². The molecule has 0 spiro atoms. The van der Waals surface area contributed by atoms with E-state index < -0.39 is 10.4 Å². The zero-order chi connectivity index (χ0) is 7.49. The first-order chi connectivity index (χ1) is 3.92. The van der Waals surface area contributed by atoms with Gasteiger partial charge in [0.2, 0.25) is 0 Å². The van der Waals surface area contributed by atoms with Crippen molar-refractivity contribution in [2.75, 3.05) is 0 Å². The molecular formula is C3H9NO4PtS. The van der Waals surface area contributed by atoms with Gasteiger partial charge >= 0.3 is 10.4 Å². The average Bonchev–Trinajstić information content (AvgIpc) is 1.59. The maximum atomic E-state index is 9.81. The molecule has 2 N–H and O–H groups in total. The Balaban J connectivity index is 0. The zero-order valence-corrected chi connectivity index (χ0v) is 8.56. The molecule has 0 aliphatic carbocycles. The van der Waals surface area contributed by atoms with Gasteiger partial charge in [-0.2, -0.15) is 18.2 Å². The molecule has 66 valence electrons. The molecule has 0 amide bonds. The fourth-order valence-corrected chi connectivity index (χ4v) is 0.471. The molecule has 0 unspecified atom stereocenters. The van der Waals surface area contributed by atoms with Gasteiger partial charge in [-0.1, -0.05) is 0 Å². The van der Waals surface area contributed by atoms with Gasteiger partial charge in [-0.15, -0.1) is 0 Å². The van der Waals surface area contributed by atoms with Crippen molar-refractivity contribution in [3.8, 4) is 0 Å². The summed E-state index contributed by atoms with van der Waals surface area (Å²) in [5.41, 5.74) is 2.05. The first-order valence-electron chi connectivity index (χ1n) is 2.33. The van der Waals surface area contributed by atoms with Crippen LogP contribution in [0.5, 0.6) is 0 Å². The van der Waals surface area contributed by atoms with Gasteiger partial charge in [0, 0.05) is 27.1 Å². The van der Waals surface area contributed by atoms with Gasteiger partial charge in [0.05, 0.1) is 0 Å². The van der Waals surface area contributed by atoms with Gasteiger partial charge in [0.15, 0.2) is 0 Å². The molecule has 0 aliphatic heterocycles. The minimum Gasteiger partial charge on any atom is -0.262 e. The molecule has 0 saturated heterocycles. The molecule has 0 atom stereocenters. The van der Waals surface area contributed by atoms with Crippen LogP contribution < -0.4 is 5.48 Å². The molecule has 5 nitrogen and oxygen atoms in total. The van der Waals surface area contributed by atoms with Gasteiger partial charge in [-0.05, 0) is 13.8 Å². The third-order valence-corrected chi connectivity index (χ3v) is 0.696. The van der Waals surface area contributed by atoms with E-state index in [4.69, 9.17) is 4.55 Å². The normalized spacial score (nSPS) is 11.2. The average molecular weight is 350 g/mol. The zero-order valence-electron chi connectivity index (χ0n) is 5.47. The first kappa shape index (κ1) is 13.1. The molecule has 0 saturated carbocycles. The van der Waals surface area contributed by atoms with E-state index in [1.54, 1.807) is 13.8 Å². The number of rotatable bonds is 3. The van der Waals surface area contributed by atoms with Crippen molar-refractivity contribution >= 4 is 10.4 Å². The van der Waals surface area contributed by atoms with Gasteiger partial charge < -0.3 is 0 Å². The van der Waals surface area contributed by atoms with Crippen molar-refractivity contribution in [2.45, 2.75) is 19.9 Å². The minimum atomic E-state index is -4.33. The van der Waals surface area contributed by atoms with Crippen molar-refractivity contribution in [3.63, 3.8) is 0 Å². The fraction of sp³-hybridized carbons (Fsp3) is 1.00. The predicted octanol–water partition coefficient (Wildman–Crippen LogP) is -0.284. The Morgan fingerprint density at radius 2 is 1.90 bits per heavy atom. The standard InChI is InChI=1S/C3H9NO4S.Pt/c1-3(2)4-8-9(5,6)7;/h3-4H,1-2H3,(H,5,6,7);. The smallest absolute Gasteiger partial charge is 0.262 e. The molecule has 0 fully saturated rings. The molecule has 0 aromatic heterocycles. The summed E-state index contributed by atoms with van der Waals surface area (Å²) in [6, 6.07) is -0.146. The van der Waals surface area contributed by atoms with Crippen molar-refractivity contribution in [1.82, 2.24) is 5.48 Å². The summed E-state index contributed by atoms with van der Waals surface area (Å²) in [5.74, 6) is 0. The maximum absolute atomic E-state index is 9.81. The first-order valence-corrected chi connectivity index (χ1v) is 3.70. The van der Waals surface area contributed by atoms with Crippen LogP contribution in [0.3, 0.4) is 0 Å². The second-order valence-electron chi connectivity index (χ2n) is 1.78. The molecular weight excluding hydrogens is 341 g/mol. The molecule has 0 radical (unpaired) electrons. The number of nitrogens with one attached hydrogen (secondary N) is 1. The monoisotopic (exact) mass is 350 g/mol. The van der Waals surface area contributed by atoms with Crippen molar-refractivity contribution < 1.29 is 38.3 Å². The van der Waals surface area contributed by atoms with E-state index in [0.29, 0.717) is 0 Å². The minimum absolute atomic E-state index is 0. The van der Waals surface area contributed by atoms with E-state index in [2.05, 4.69) is 4.28 Å². The Morgan fingerprint density at radius 3 is 2.00 bits per heavy atom. The molecule has 0 bridgehead atoms. The van der Waals surface area contributed by atoms with Gasteiger partial charge in [-0.25, -0.2) is 0 Å². The fourth-order valence-electron chi connectivity index (χ4n) is 0.157. The van der Waals surface area contributed by atoms with Gasteiger partial charge in [0.1, 0.15) is 0 Å². The maximum Gasteiger partial charge on any atom is 0.413 e. The summed E-state index contributed by atoms with van der Waals surface area (Å²) in [6.07, 6.45) is 0. The Hall–Kier alpha value is 0.518. The molecule has 0 aromatic carbocycles. The van der Waals surface area contributed by atoms with Crippen molar-refractivity contribution in [1.29, 1.82) is 0 Å². The molecule has 0 aromatic rings. The quantitative estimate of drug-likeness (QED) is 0.541. The van der Waals surface area contributed by atoms with Crippen LogP contribution in [-0.2, 0) is 35.7 Å². The SMILES string of the molecule is CC(C)NOS(=O)(=O)O.[Pt]. The van der Waals surface area contributed by atoms with Crippen molar-refractivity contribution in [2.24, 2.45) is 0 Å². The van der Waals surface area contributed by atoms with E-state index in [-0.39, 0.29) is 27.1 Å². The van der Waals surface area contributed by atoms with Crippen LogP contribution in [0.4, 0.5) is 0 Å².